The van der Waals surface area contributed by atoms with Gasteiger partial charge in [-0.25, -0.2) is 0 Å². The summed E-state index contributed by atoms with van der Waals surface area (Å²) < 4.78 is 5.39. The highest BCUT2D eigenvalue weighted by molar-refractivity contribution is 5.87. The molecule has 0 unspecified atom stereocenters. The van der Waals surface area contributed by atoms with Crippen molar-refractivity contribution in [1.82, 2.24) is 0 Å². The highest BCUT2D eigenvalue weighted by atomic mass is 16.5. The molecule has 0 spiro atoms. The van der Waals surface area contributed by atoms with E-state index in [0.717, 1.165) is 28.7 Å². The number of aliphatic carboxylic acids is 1. The van der Waals surface area contributed by atoms with E-state index in [1.54, 1.807) is 0 Å². The van der Waals surface area contributed by atoms with Crippen molar-refractivity contribution < 1.29 is 19.4 Å². The quantitative estimate of drug-likeness (QED) is 0.867. The number of hydrogen-bond acceptors (Lipinski definition) is 3. The number of carbonyl (C=O) groups is 2. The monoisotopic (exact) mass is 336 g/mol. The summed E-state index contributed by atoms with van der Waals surface area (Å²) >= 11 is 0. The van der Waals surface area contributed by atoms with Gasteiger partial charge in [0, 0.05) is 11.8 Å². The van der Waals surface area contributed by atoms with Gasteiger partial charge in [-0.3, -0.25) is 9.59 Å². The Morgan fingerprint density at radius 3 is 1.72 bits per heavy atom. The summed E-state index contributed by atoms with van der Waals surface area (Å²) in [5.74, 6) is -3.37. The minimum atomic E-state index is -0.933. The van der Waals surface area contributed by atoms with Gasteiger partial charge in [-0.05, 0) is 28.7 Å². The van der Waals surface area contributed by atoms with Crippen LogP contribution in [0.4, 0.5) is 0 Å². The predicted octanol–water partition coefficient (Wildman–Crippen LogP) is 3.55. The summed E-state index contributed by atoms with van der Waals surface area (Å²) in [6.07, 6.45) is 0.720. The molecule has 0 aliphatic heterocycles. The van der Waals surface area contributed by atoms with E-state index in [0.29, 0.717) is 6.61 Å². The van der Waals surface area contributed by atoms with Gasteiger partial charge in [-0.15, -0.1) is 0 Å². The third-order valence-electron chi connectivity index (χ3n) is 5.44. The molecule has 4 heteroatoms. The standard InChI is InChI=1S/C21H20O4/c1-2-11-25-21(24)19-17-14-9-5-3-7-12(14)16(18(19)20(22)23)13-8-4-6-10-15(13)17/h3-10,16-19H,2,11H2,1H3,(H,22,23)/t16?,17?,18-,19-/m1/s1. The van der Waals surface area contributed by atoms with Crippen LogP contribution in [0.3, 0.4) is 0 Å². The summed E-state index contributed by atoms with van der Waals surface area (Å²) in [5.41, 5.74) is 4.17. The van der Waals surface area contributed by atoms with Crippen molar-refractivity contribution in [2.45, 2.75) is 25.2 Å². The number of rotatable bonds is 4. The van der Waals surface area contributed by atoms with Crippen LogP contribution in [0.15, 0.2) is 48.5 Å². The first-order valence-corrected chi connectivity index (χ1v) is 8.72. The molecule has 0 saturated carbocycles. The van der Waals surface area contributed by atoms with Gasteiger partial charge in [0.25, 0.3) is 0 Å². The molecule has 2 bridgehead atoms. The molecule has 0 amide bonds. The molecule has 2 aromatic rings. The fraction of sp³-hybridized carbons (Fsp3) is 0.333. The molecule has 2 aromatic carbocycles. The van der Waals surface area contributed by atoms with E-state index in [2.05, 4.69) is 0 Å². The number of carbonyl (C=O) groups excluding carboxylic acids is 1. The average molecular weight is 336 g/mol. The Labute approximate surface area is 146 Å². The van der Waals surface area contributed by atoms with E-state index in [1.165, 1.54) is 0 Å². The number of ether oxygens (including phenoxy) is 1. The molecule has 0 saturated heterocycles. The third kappa shape index (κ3) is 2.28. The van der Waals surface area contributed by atoms with Gasteiger partial charge >= 0.3 is 11.9 Å². The lowest BCUT2D eigenvalue weighted by Gasteiger charge is -2.47. The maximum absolute atomic E-state index is 12.8. The van der Waals surface area contributed by atoms with Crippen molar-refractivity contribution in [2.24, 2.45) is 11.8 Å². The van der Waals surface area contributed by atoms with E-state index >= 15 is 0 Å². The Morgan fingerprint density at radius 1 is 0.880 bits per heavy atom. The number of fused-ring (bicyclic) bond motifs is 1. The molecular weight excluding hydrogens is 316 g/mol. The second-order valence-electron chi connectivity index (χ2n) is 6.77. The molecule has 0 fully saturated rings. The first-order chi connectivity index (χ1) is 12.1. The molecule has 5 rings (SSSR count). The smallest absolute Gasteiger partial charge is 0.310 e. The number of hydrogen-bond donors (Lipinski definition) is 1. The number of esters is 1. The molecule has 128 valence electrons. The fourth-order valence-corrected chi connectivity index (χ4v) is 4.56. The highest BCUT2D eigenvalue weighted by Crippen LogP contribution is 2.58. The Hall–Kier alpha value is -2.62. The predicted molar refractivity (Wildman–Crippen MR) is 92.4 cm³/mol. The van der Waals surface area contributed by atoms with Gasteiger partial charge in [0.15, 0.2) is 0 Å². The SMILES string of the molecule is CCCOC(=O)[C@@H]1C2c3ccccc3C(c3ccccc32)[C@H]1C(=O)O. The normalized spacial score (nSPS) is 25.8. The van der Waals surface area contributed by atoms with Crippen molar-refractivity contribution >= 4 is 11.9 Å². The molecule has 0 aromatic heterocycles. The van der Waals surface area contributed by atoms with Crippen LogP contribution in [0.25, 0.3) is 0 Å². The summed E-state index contributed by atoms with van der Waals surface area (Å²) in [6.45, 7) is 2.25. The van der Waals surface area contributed by atoms with E-state index in [1.807, 2.05) is 55.5 Å². The van der Waals surface area contributed by atoms with Crippen LogP contribution in [0.2, 0.25) is 0 Å². The van der Waals surface area contributed by atoms with Gasteiger partial charge in [0.05, 0.1) is 18.4 Å². The van der Waals surface area contributed by atoms with Crippen LogP contribution >= 0.6 is 0 Å². The minimum absolute atomic E-state index is 0.261. The molecule has 2 atom stereocenters. The van der Waals surface area contributed by atoms with E-state index in [-0.39, 0.29) is 11.8 Å². The Bertz CT molecular complexity index is 794. The molecule has 0 heterocycles. The first-order valence-electron chi connectivity index (χ1n) is 8.72. The van der Waals surface area contributed by atoms with Gasteiger partial charge < -0.3 is 9.84 Å². The van der Waals surface area contributed by atoms with Crippen molar-refractivity contribution in [3.05, 3.63) is 70.8 Å². The Balaban J connectivity index is 1.92. The lowest BCUT2D eigenvalue weighted by atomic mass is 9.54. The topological polar surface area (TPSA) is 63.6 Å². The zero-order valence-corrected chi connectivity index (χ0v) is 14.0. The fourth-order valence-electron chi connectivity index (χ4n) is 4.56. The minimum Gasteiger partial charge on any atom is -0.481 e. The lowest BCUT2D eigenvalue weighted by molar-refractivity contribution is -0.160. The molecule has 4 nitrogen and oxygen atoms in total. The molecule has 25 heavy (non-hydrogen) atoms. The summed E-state index contributed by atoms with van der Waals surface area (Å²) in [5, 5.41) is 9.95. The van der Waals surface area contributed by atoms with Crippen molar-refractivity contribution in [3.63, 3.8) is 0 Å². The molecule has 1 N–H and O–H groups in total. The highest BCUT2D eigenvalue weighted by Gasteiger charge is 2.55. The Kier molecular flexibility index (Phi) is 3.83. The second-order valence-corrected chi connectivity index (χ2v) is 6.77. The van der Waals surface area contributed by atoms with Crippen LogP contribution < -0.4 is 0 Å². The summed E-state index contributed by atoms with van der Waals surface area (Å²) in [4.78, 5) is 24.9. The van der Waals surface area contributed by atoms with Crippen molar-refractivity contribution in [1.29, 1.82) is 0 Å². The second kappa shape index (κ2) is 6.03. The molecule has 3 aliphatic carbocycles. The number of benzene rings is 2. The van der Waals surface area contributed by atoms with Crippen LogP contribution in [0.5, 0.6) is 0 Å². The van der Waals surface area contributed by atoms with E-state index < -0.39 is 23.8 Å². The van der Waals surface area contributed by atoms with Gasteiger partial charge in [-0.1, -0.05) is 55.5 Å². The van der Waals surface area contributed by atoms with Crippen LogP contribution in [-0.4, -0.2) is 23.7 Å². The maximum Gasteiger partial charge on any atom is 0.310 e. The van der Waals surface area contributed by atoms with E-state index in [9.17, 15) is 14.7 Å². The largest absolute Gasteiger partial charge is 0.481 e. The molecular formula is C21H20O4. The summed E-state index contributed by atoms with van der Waals surface area (Å²) in [7, 11) is 0. The van der Waals surface area contributed by atoms with Crippen LogP contribution in [0.1, 0.15) is 47.4 Å². The van der Waals surface area contributed by atoms with Gasteiger partial charge in [-0.2, -0.15) is 0 Å². The van der Waals surface area contributed by atoms with Gasteiger partial charge in [0.2, 0.25) is 0 Å². The van der Waals surface area contributed by atoms with Crippen molar-refractivity contribution in [3.8, 4) is 0 Å². The number of carboxylic acids is 1. The maximum atomic E-state index is 12.8. The van der Waals surface area contributed by atoms with Gasteiger partial charge in [0.1, 0.15) is 0 Å². The zero-order chi connectivity index (χ0) is 17.6. The average Bonchev–Trinajstić information content (AvgIpc) is 2.65. The van der Waals surface area contributed by atoms with E-state index in [4.69, 9.17) is 4.74 Å². The Morgan fingerprint density at radius 2 is 1.32 bits per heavy atom. The zero-order valence-electron chi connectivity index (χ0n) is 14.0. The first kappa shape index (κ1) is 15.9. The number of carboxylic acid groups (broad SMARTS) is 1. The summed E-state index contributed by atoms with van der Waals surface area (Å²) in [6, 6.07) is 15.8. The molecule has 0 radical (unpaired) electrons. The van der Waals surface area contributed by atoms with Crippen LogP contribution in [0, 0.1) is 11.8 Å². The van der Waals surface area contributed by atoms with Crippen LogP contribution in [-0.2, 0) is 14.3 Å². The lowest BCUT2D eigenvalue weighted by Crippen LogP contribution is -2.47. The van der Waals surface area contributed by atoms with Crippen molar-refractivity contribution in [2.75, 3.05) is 6.61 Å². The molecule has 3 aliphatic rings. The third-order valence-corrected chi connectivity index (χ3v) is 5.44.